The molecule has 2 aromatic rings. The monoisotopic (exact) mass is 339 g/mol. The van der Waals surface area contributed by atoms with Gasteiger partial charge in [-0.25, -0.2) is 0 Å². The SMILES string of the molecule is CCCOc1ccccc1NC(=O)C1(c2ccccc2OC)CCC1. The maximum absolute atomic E-state index is 13.2. The third-order valence-electron chi connectivity index (χ3n) is 4.86. The van der Waals surface area contributed by atoms with E-state index in [0.717, 1.165) is 42.7 Å². The van der Waals surface area contributed by atoms with E-state index >= 15 is 0 Å². The Morgan fingerprint density at radius 2 is 1.76 bits per heavy atom. The van der Waals surface area contributed by atoms with Gasteiger partial charge in [0.25, 0.3) is 0 Å². The molecule has 1 N–H and O–H groups in total. The van der Waals surface area contributed by atoms with E-state index in [1.54, 1.807) is 7.11 Å². The molecule has 25 heavy (non-hydrogen) atoms. The largest absolute Gasteiger partial charge is 0.496 e. The smallest absolute Gasteiger partial charge is 0.235 e. The molecule has 0 aliphatic heterocycles. The third-order valence-corrected chi connectivity index (χ3v) is 4.86. The molecule has 2 aromatic carbocycles. The minimum absolute atomic E-state index is 0.01000. The summed E-state index contributed by atoms with van der Waals surface area (Å²) in [6, 6.07) is 15.4. The summed E-state index contributed by atoms with van der Waals surface area (Å²) in [6.45, 7) is 2.69. The molecule has 1 saturated carbocycles. The van der Waals surface area contributed by atoms with Crippen molar-refractivity contribution in [2.75, 3.05) is 19.0 Å². The standard InChI is InChI=1S/C21H25NO3/c1-3-15-25-19-12-7-5-10-17(19)22-20(23)21(13-8-14-21)16-9-4-6-11-18(16)24-2/h4-7,9-12H,3,8,13-15H2,1-2H3,(H,22,23). The van der Waals surface area contributed by atoms with Crippen LogP contribution in [0.3, 0.4) is 0 Å². The summed E-state index contributed by atoms with van der Waals surface area (Å²) < 4.78 is 11.3. The lowest BCUT2D eigenvalue weighted by Crippen LogP contribution is -2.46. The Kier molecular flexibility index (Phi) is 5.27. The van der Waals surface area contributed by atoms with Crippen molar-refractivity contribution in [1.82, 2.24) is 0 Å². The molecule has 0 spiro atoms. The molecular formula is C21H25NO3. The first-order valence-electron chi connectivity index (χ1n) is 8.88. The fourth-order valence-corrected chi connectivity index (χ4v) is 3.34. The molecule has 0 unspecified atom stereocenters. The summed E-state index contributed by atoms with van der Waals surface area (Å²) in [6.07, 6.45) is 3.63. The van der Waals surface area contributed by atoms with Gasteiger partial charge in [-0.05, 0) is 37.5 Å². The zero-order valence-electron chi connectivity index (χ0n) is 14.9. The predicted octanol–water partition coefficient (Wildman–Crippen LogP) is 4.54. The third kappa shape index (κ3) is 3.34. The first kappa shape index (κ1) is 17.3. The van der Waals surface area contributed by atoms with Gasteiger partial charge in [0, 0.05) is 5.56 Å². The summed E-state index contributed by atoms with van der Waals surface area (Å²) in [7, 11) is 1.65. The van der Waals surface area contributed by atoms with Crippen LogP contribution in [0.4, 0.5) is 5.69 Å². The highest BCUT2D eigenvalue weighted by Gasteiger charge is 2.47. The minimum Gasteiger partial charge on any atom is -0.496 e. The number of carbonyl (C=O) groups excluding carboxylic acids is 1. The molecule has 1 aliphatic rings. The van der Waals surface area contributed by atoms with Crippen molar-refractivity contribution >= 4 is 11.6 Å². The lowest BCUT2D eigenvalue weighted by Gasteiger charge is -2.41. The second kappa shape index (κ2) is 7.60. The van der Waals surface area contributed by atoms with Crippen LogP contribution in [0.5, 0.6) is 11.5 Å². The summed E-state index contributed by atoms with van der Waals surface area (Å²) in [5.41, 5.74) is 1.17. The van der Waals surface area contributed by atoms with E-state index in [1.165, 1.54) is 0 Å². The molecule has 0 saturated heterocycles. The van der Waals surface area contributed by atoms with E-state index in [4.69, 9.17) is 9.47 Å². The fraction of sp³-hybridized carbons (Fsp3) is 0.381. The second-order valence-corrected chi connectivity index (χ2v) is 6.43. The van der Waals surface area contributed by atoms with Crippen molar-refractivity contribution < 1.29 is 14.3 Å². The molecule has 1 aliphatic carbocycles. The average molecular weight is 339 g/mol. The van der Waals surface area contributed by atoms with Crippen LogP contribution in [0.2, 0.25) is 0 Å². The van der Waals surface area contributed by atoms with Crippen molar-refractivity contribution in [3.05, 3.63) is 54.1 Å². The number of hydrogen-bond acceptors (Lipinski definition) is 3. The van der Waals surface area contributed by atoms with Gasteiger partial charge in [-0.2, -0.15) is 0 Å². The summed E-state index contributed by atoms with van der Waals surface area (Å²) >= 11 is 0. The average Bonchev–Trinajstić information content (AvgIpc) is 2.60. The molecule has 0 atom stereocenters. The van der Waals surface area contributed by atoms with Crippen LogP contribution in [0.25, 0.3) is 0 Å². The lowest BCUT2D eigenvalue weighted by atomic mass is 9.63. The van der Waals surface area contributed by atoms with Crippen molar-refractivity contribution in [1.29, 1.82) is 0 Å². The van der Waals surface area contributed by atoms with Crippen LogP contribution in [-0.4, -0.2) is 19.6 Å². The van der Waals surface area contributed by atoms with Crippen LogP contribution >= 0.6 is 0 Å². The van der Waals surface area contributed by atoms with Gasteiger partial charge in [0.15, 0.2) is 0 Å². The molecule has 1 amide bonds. The highest BCUT2D eigenvalue weighted by Crippen LogP contribution is 2.48. The zero-order chi connectivity index (χ0) is 17.7. The van der Waals surface area contributed by atoms with Gasteiger partial charge in [-0.1, -0.05) is 43.7 Å². The first-order chi connectivity index (χ1) is 12.2. The number of nitrogens with one attached hydrogen (secondary N) is 1. The number of carbonyl (C=O) groups is 1. The topological polar surface area (TPSA) is 47.6 Å². The van der Waals surface area contributed by atoms with E-state index in [2.05, 4.69) is 12.2 Å². The van der Waals surface area contributed by atoms with Gasteiger partial charge in [0.2, 0.25) is 5.91 Å². The van der Waals surface area contributed by atoms with Crippen molar-refractivity contribution in [3.8, 4) is 11.5 Å². The van der Waals surface area contributed by atoms with Gasteiger partial charge in [-0.15, -0.1) is 0 Å². The Balaban J connectivity index is 1.87. The van der Waals surface area contributed by atoms with E-state index in [-0.39, 0.29) is 5.91 Å². The van der Waals surface area contributed by atoms with E-state index in [9.17, 15) is 4.79 Å². The van der Waals surface area contributed by atoms with Crippen LogP contribution in [-0.2, 0) is 10.2 Å². The van der Waals surface area contributed by atoms with Crippen LogP contribution < -0.4 is 14.8 Å². The van der Waals surface area contributed by atoms with Gasteiger partial charge in [-0.3, -0.25) is 4.79 Å². The molecular weight excluding hydrogens is 314 g/mol. The maximum Gasteiger partial charge on any atom is 0.235 e. The molecule has 0 bridgehead atoms. The number of para-hydroxylation sites is 3. The van der Waals surface area contributed by atoms with E-state index in [0.29, 0.717) is 12.4 Å². The number of hydrogen-bond donors (Lipinski definition) is 1. The maximum atomic E-state index is 13.2. The molecule has 1 fully saturated rings. The number of anilines is 1. The quantitative estimate of drug-likeness (QED) is 0.805. The zero-order valence-corrected chi connectivity index (χ0v) is 14.9. The van der Waals surface area contributed by atoms with Crippen LogP contribution in [0, 0.1) is 0 Å². The molecule has 0 aromatic heterocycles. The predicted molar refractivity (Wildman–Crippen MR) is 99.4 cm³/mol. The highest BCUT2D eigenvalue weighted by molar-refractivity contribution is 6.01. The number of benzene rings is 2. The van der Waals surface area contributed by atoms with Gasteiger partial charge in [0.1, 0.15) is 11.5 Å². The number of methoxy groups -OCH3 is 1. The van der Waals surface area contributed by atoms with E-state index in [1.807, 2.05) is 48.5 Å². The van der Waals surface area contributed by atoms with Crippen molar-refractivity contribution in [2.45, 2.75) is 38.0 Å². The molecule has 4 nitrogen and oxygen atoms in total. The Bertz CT molecular complexity index is 737. The van der Waals surface area contributed by atoms with Gasteiger partial charge >= 0.3 is 0 Å². The normalized spacial score (nSPS) is 15.1. The first-order valence-corrected chi connectivity index (χ1v) is 8.88. The van der Waals surface area contributed by atoms with Crippen LogP contribution in [0.15, 0.2) is 48.5 Å². The number of rotatable bonds is 7. The second-order valence-electron chi connectivity index (χ2n) is 6.43. The number of ether oxygens (including phenoxy) is 2. The summed E-state index contributed by atoms with van der Waals surface area (Å²) in [5.74, 6) is 1.50. The Labute approximate surface area is 149 Å². The highest BCUT2D eigenvalue weighted by atomic mass is 16.5. The molecule has 3 rings (SSSR count). The van der Waals surface area contributed by atoms with E-state index < -0.39 is 5.41 Å². The van der Waals surface area contributed by atoms with Gasteiger partial charge in [0.05, 0.1) is 24.8 Å². The lowest BCUT2D eigenvalue weighted by molar-refractivity contribution is -0.124. The minimum atomic E-state index is -0.523. The summed E-state index contributed by atoms with van der Waals surface area (Å²) in [4.78, 5) is 13.2. The molecule has 4 heteroatoms. The Hall–Kier alpha value is -2.49. The molecule has 132 valence electrons. The van der Waals surface area contributed by atoms with Crippen molar-refractivity contribution in [3.63, 3.8) is 0 Å². The van der Waals surface area contributed by atoms with Crippen LogP contribution in [0.1, 0.15) is 38.2 Å². The summed E-state index contributed by atoms with van der Waals surface area (Å²) in [5, 5.41) is 3.09. The molecule has 0 radical (unpaired) electrons. The van der Waals surface area contributed by atoms with Gasteiger partial charge < -0.3 is 14.8 Å². The fourth-order valence-electron chi connectivity index (χ4n) is 3.34. The Morgan fingerprint density at radius 3 is 2.40 bits per heavy atom. The molecule has 0 heterocycles. The number of amides is 1. The Morgan fingerprint density at radius 1 is 1.08 bits per heavy atom. The van der Waals surface area contributed by atoms with Crippen molar-refractivity contribution in [2.24, 2.45) is 0 Å².